The van der Waals surface area contributed by atoms with E-state index in [2.05, 4.69) is 24.3 Å². The lowest BCUT2D eigenvalue weighted by molar-refractivity contribution is -0.140. The van der Waals surface area contributed by atoms with Crippen LogP contribution in [0.25, 0.3) is 10.8 Å². The minimum Gasteiger partial charge on any atom is -0.496 e. The number of carbonyl (C=O) groups excluding carboxylic acids is 1. The molecule has 2 unspecified atom stereocenters. The molecule has 0 aliphatic heterocycles. The maximum atomic E-state index is 14.8. The minimum absolute atomic E-state index is 0.230. The zero-order valence-electron chi connectivity index (χ0n) is 22.8. The van der Waals surface area contributed by atoms with Crippen LogP contribution in [-0.2, 0) is 17.9 Å². The molecule has 198 valence electrons. The van der Waals surface area contributed by atoms with Crippen LogP contribution in [0.2, 0.25) is 0 Å². The highest BCUT2D eigenvalue weighted by Crippen LogP contribution is 2.47. The molecule has 0 spiro atoms. The van der Waals surface area contributed by atoms with Gasteiger partial charge in [-0.3, -0.25) is 4.79 Å². The van der Waals surface area contributed by atoms with E-state index in [1.807, 2.05) is 109 Å². The van der Waals surface area contributed by atoms with Gasteiger partial charge in [0, 0.05) is 24.6 Å². The van der Waals surface area contributed by atoms with E-state index in [1.165, 1.54) is 0 Å². The Hall–Kier alpha value is -4.88. The lowest BCUT2D eigenvalue weighted by Gasteiger charge is -2.37. The molecule has 0 bridgehead atoms. The number of ether oxygens (including phenoxy) is 1. The quantitative estimate of drug-likeness (QED) is 0.198. The van der Waals surface area contributed by atoms with Gasteiger partial charge in [0.05, 0.1) is 13.2 Å². The Balaban J connectivity index is 1.69. The summed E-state index contributed by atoms with van der Waals surface area (Å²) in [5.41, 5.74) is 2.29. The number of nitriles is 1. The Kier molecular flexibility index (Phi) is 7.94. The second kappa shape index (κ2) is 11.9. The lowest BCUT2D eigenvalue weighted by Crippen LogP contribution is -2.44. The van der Waals surface area contributed by atoms with Crippen molar-refractivity contribution in [1.29, 1.82) is 5.26 Å². The Morgan fingerprint density at radius 2 is 1.27 bits per heavy atom. The van der Waals surface area contributed by atoms with E-state index in [4.69, 9.17) is 4.74 Å². The Labute approximate surface area is 236 Å². The summed E-state index contributed by atoms with van der Waals surface area (Å²) in [7, 11) is 1.63. The van der Waals surface area contributed by atoms with Crippen molar-refractivity contribution >= 4 is 16.7 Å². The molecule has 0 aliphatic carbocycles. The molecule has 0 aromatic heterocycles. The summed E-state index contributed by atoms with van der Waals surface area (Å²) < 4.78 is 5.80. The molecule has 0 aliphatic rings. The third-order valence-corrected chi connectivity index (χ3v) is 7.56. The Morgan fingerprint density at radius 3 is 1.90 bits per heavy atom. The van der Waals surface area contributed by atoms with E-state index in [9.17, 15) is 10.1 Å². The normalized spacial score (nSPS) is 13.1. The van der Waals surface area contributed by atoms with Crippen molar-refractivity contribution in [2.45, 2.75) is 25.9 Å². The van der Waals surface area contributed by atoms with Crippen molar-refractivity contribution in [1.82, 2.24) is 4.90 Å². The molecule has 0 saturated heterocycles. The van der Waals surface area contributed by atoms with Gasteiger partial charge in [-0.1, -0.05) is 121 Å². The number of hydrogen-bond donors (Lipinski definition) is 0. The van der Waals surface area contributed by atoms with Gasteiger partial charge in [0.2, 0.25) is 5.91 Å². The second-order valence-electron chi connectivity index (χ2n) is 10.2. The molecule has 0 saturated carbocycles. The summed E-state index contributed by atoms with van der Waals surface area (Å²) in [6.07, 6.45) is 0. The number of hydrogen-bond acceptors (Lipinski definition) is 3. The van der Waals surface area contributed by atoms with Gasteiger partial charge in [-0.15, -0.1) is 0 Å². The van der Waals surface area contributed by atoms with E-state index < -0.39 is 11.3 Å². The zero-order valence-corrected chi connectivity index (χ0v) is 22.8. The van der Waals surface area contributed by atoms with Crippen molar-refractivity contribution in [2.24, 2.45) is 5.41 Å². The van der Waals surface area contributed by atoms with Crippen LogP contribution in [0.3, 0.4) is 0 Å². The molecule has 0 radical (unpaired) electrons. The number of rotatable bonds is 9. The van der Waals surface area contributed by atoms with Gasteiger partial charge in [-0.2, -0.15) is 5.26 Å². The first-order valence-electron chi connectivity index (χ1n) is 13.4. The average Bonchev–Trinajstić information content (AvgIpc) is 3.01. The van der Waals surface area contributed by atoms with Gasteiger partial charge in [-0.05, 0) is 40.5 Å². The Bertz CT molecular complexity index is 1600. The van der Waals surface area contributed by atoms with Crippen LogP contribution in [0.15, 0.2) is 127 Å². The highest BCUT2D eigenvalue weighted by molar-refractivity contribution is 5.91. The fourth-order valence-corrected chi connectivity index (χ4v) is 5.57. The number of carbonyl (C=O) groups is 1. The van der Waals surface area contributed by atoms with E-state index in [0.717, 1.165) is 33.0 Å². The number of amides is 1. The number of para-hydroxylation sites is 1. The molecule has 5 aromatic rings. The van der Waals surface area contributed by atoms with Crippen molar-refractivity contribution in [2.75, 3.05) is 7.11 Å². The van der Waals surface area contributed by atoms with Crippen LogP contribution in [0.5, 0.6) is 5.75 Å². The molecule has 0 N–H and O–H groups in total. The van der Waals surface area contributed by atoms with Crippen molar-refractivity contribution in [3.63, 3.8) is 0 Å². The fourth-order valence-electron chi connectivity index (χ4n) is 5.57. The van der Waals surface area contributed by atoms with Crippen LogP contribution in [-0.4, -0.2) is 17.9 Å². The van der Waals surface area contributed by atoms with Gasteiger partial charge in [0.1, 0.15) is 11.2 Å². The van der Waals surface area contributed by atoms with Gasteiger partial charge in [0.15, 0.2) is 0 Å². The highest BCUT2D eigenvalue weighted by Gasteiger charge is 2.47. The summed E-state index contributed by atoms with van der Waals surface area (Å²) in [6, 6.07) is 44.2. The first-order chi connectivity index (χ1) is 19.5. The average molecular weight is 525 g/mol. The lowest BCUT2D eigenvalue weighted by atomic mass is 9.68. The summed E-state index contributed by atoms with van der Waals surface area (Å²) in [5, 5.41) is 13.0. The minimum atomic E-state index is -1.44. The van der Waals surface area contributed by atoms with Crippen LogP contribution >= 0.6 is 0 Å². The number of nitrogens with zero attached hydrogens (tertiary/aromatic N) is 2. The third-order valence-electron chi connectivity index (χ3n) is 7.56. The first-order valence-corrected chi connectivity index (χ1v) is 13.4. The predicted molar refractivity (Wildman–Crippen MR) is 160 cm³/mol. The molecule has 4 heteroatoms. The van der Waals surface area contributed by atoms with Gasteiger partial charge >= 0.3 is 0 Å². The van der Waals surface area contributed by atoms with Gasteiger partial charge < -0.3 is 9.64 Å². The largest absolute Gasteiger partial charge is 0.496 e. The summed E-state index contributed by atoms with van der Waals surface area (Å²) >= 11 is 0. The van der Waals surface area contributed by atoms with Crippen LogP contribution in [0.1, 0.15) is 35.1 Å². The molecule has 5 rings (SSSR count). The van der Waals surface area contributed by atoms with E-state index >= 15 is 0 Å². The van der Waals surface area contributed by atoms with Crippen LogP contribution < -0.4 is 4.74 Å². The molecule has 4 nitrogen and oxygen atoms in total. The molecule has 2 atom stereocenters. The van der Waals surface area contributed by atoms with Crippen LogP contribution in [0.4, 0.5) is 0 Å². The standard InChI is InChI=1S/C36H32N2O2/c1-36(26-37,35(39)38(24-27-14-5-3-6-15-27)25-28-16-7-4-8-17-28)34(32-21-11-12-23-33(32)40-2)31-22-13-19-29-18-9-10-20-30(29)31/h3-23,34H,24-25H2,1-2H3. The predicted octanol–water partition coefficient (Wildman–Crippen LogP) is 7.74. The van der Waals surface area contributed by atoms with E-state index in [-0.39, 0.29) is 5.91 Å². The van der Waals surface area contributed by atoms with Gasteiger partial charge in [-0.25, -0.2) is 0 Å². The van der Waals surface area contributed by atoms with Crippen LogP contribution in [0, 0.1) is 16.7 Å². The molecule has 40 heavy (non-hydrogen) atoms. The molecular weight excluding hydrogens is 492 g/mol. The van der Waals surface area contributed by atoms with E-state index in [1.54, 1.807) is 18.9 Å². The third kappa shape index (κ3) is 5.32. The SMILES string of the molecule is COc1ccccc1C(c1cccc2ccccc12)C(C)(C#N)C(=O)N(Cc1ccccc1)Cc1ccccc1. The summed E-state index contributed by atoms with van der Waals surface area (Å²) in [4.78, 5) is 16.6. The molecule has 0 heterocycles. The highest BCUT2D eigenvalue weighted by atomic mass is 16.5. The molecule has 0 fully saturated rings. The van der Waals surface area contributed by atoms with E-state index in [0.29, 0.717) is 18.8 Å². The monoisotopic (exact) mass is 524 g/mol. The second-order valence-corrected chi connectivity index (χ2v) is 10.2. The van der Waals surface area contributed by atoms with Crippen molar-refractivity contribution in [3.05, 3.63) is 150 Å². The first kappa shape index (κ1) is 26.7. The molecular formula is C36H32N2O2. The topological polar surface area (TPSA) is 53.3 Å². The Morgan fingerprint density at radius 1 is 0.750 bits per heavy atom. The molecule has 1 amide bonds. The number of benzene rings is 5. The molecule has 5 aromatic carbocycles. The maximum absolute atomic E-state index is 14.8. The van der Waals surface area contributed by atoms with Gasteiger partial charge in [0.25, 0.3) is 0 Å². The number of methoxy groups -OCH3 is 1. The van der Waals surface area contributed by atoms with Crippen molar-refractivity contribution in [3.8, 4) is 11.8 Å². The maximum Gasteiger partial charge on any atom is 0.244 e. The summed E-state index contributed by atoms with van der Waals surface area (Å²) in [6.45, 7) is 2.55. The summed E-state index contributed by atoms with van der Waals surface area (Å²) in [5.74, 6) is -0.166. The fraction of sp³-hybridized carbons (Fsp3) is 0.167. The smallest absolute Gasteiger partial charge is 0.244 e. The van der Waals surface area contributed by atoms with Crippen molar-refractivity contribution < 1.29 is 9.53 Å². The zero-order chi connectivity index (χ0) is 28.0. The number of fused-ring (bicyclic) bond motifs is 1.